The highest BCUT2D eigenvalue weighted by atomic mass is 35.5. The minimum atomic E-state index is -4.40. The van der Waals surface area contributed by atoms with Crippen LogP contribution in [0.25, 0.3) is 0 Å². The summed E-state index contributed by atoms with van der Waals surface area (Å²) in [6.07, 6.45) is -4.78. The third kappa shape index (κ3) is 8.54. The van der Waals surface area contributed by atoms with Crippen LogP contribution in [0.4, 0.5) is 32.4 Å². The molecule has 0 unspecified atom stereocenters. The van der Waals surface area contributed by atoms with Gasteiger partial charge in [-0.15, -0.1) is 0 Å². The number of anilines is 1. The van der Waals surface area contributed by atoms with Gasteiger partial charge in [0, 0.05) is 43.4 Å². The molecule has 1 fully saturated rings. The fourth-order valence-corrected chi connectivity index (χ4v) is 4.33. The fraction of sp³-hybridized carbons (Fsp3) is 0.321. The predicted molar refractivity (Wildman–Crippen MR) is 141 cm³/mol. The summed E-state index contributed by atoms with van der Waals surface area (Å²) < 4.78 is 73.7. The Balaban J connectivity index is 1.32. The fourth-order valence-electron chi connectivity index (χ4n) is 4.21. The van der Waals surface area contributed by atoms with E-state index in [9.17, 15) is 26.7 Å². The number of piperazine rings is 1. The number of carbonyl (C=O) groups excluding carboxylic acids is 1. The van der Waals surface area contributed by atoms with Gasteiger partial charge in [0.25, 0.3) is 0 Å². The number of alkyl halides is 5. The molecule has 6 nitrogen and oxygen atoms in total. The lowest BCUT2D eigenvalue weighted by molar-refractivity contribution is -0.137. The van der Waals surface area contributed by atoms with E-state index in [1.807, 2.05) is 12.1 Å². The van der Waals surface area contributed by atoms with E-state index in [-0.39, 0.29) is 24.5 Å². The summed E-state index contributed by atoms with van der Waals surface area (Å²) in [6.45, 7) is -0.260. The molecule has 40 heavy (non-hydrogen) atoms. The molecule has 1 aliphatic heterocycles. The molecule has 3 aromatic rings. The van der Waals surface area contributed by atoms with Gasteiger partial charge in [-0.3, -0.25) is 4.90 Å². The lowest BCUT2D eigenvalue weighted by atomic mass is 10.1. The van der Waals surface area contributed by atoms with Gasteiger partial charge < -0.3 is 19.7 Å². The first-order valence-corrected chi connectivity index (χ1v) is 12.8. The van der Waals surface area contributed by atoms with Gasteiger partial charge in [0.2, 0.25) is 0 Å². The molecule has 0 aliphatic carbocycles. The van der Waals surface area contributed by atoms with E-state index in [0.717, 1.165) is 17.7 Å². The van der Waals surface area contributed by atoms with Crippen LogP contribution in [0, 0.1) is 0 Å². The van der Waals surface area contributed by atoms with Crippen molar-refractivity contribution in [2.75, 3.05) is 38.0 Å². The second-order valence-electron chi connectivity index (χ2n) is 9.17. The highest BCUT2D eigenvalue weighted by Crippen LogP contribution is 2.30. The first kappa shape index (κ1) is 29.6. The molecule has 4 rings (SSSR count). The van der Waals surface area contributed by atoms with Gasteiger partial charge in [-0.1, -0.05) is 35.9 Å². The van der Waals surface area contributed by atoms with E-state index < -0.39 is 18.4 Å². The van der Waals surface area contributed by atoms with Crippen LogP contribution in [-0.4, -0.2) is 55.2 Å². The van der Waals surface area contributed by atoms with Gasteiger partial charge >= 0.3 is 18.8 Å². The summed E-state index contributed by atoms with van der Waals surface area (Å²) in [6, 6.07) is 17.4. The molecule has 1 atom stereocenters. The van der Waals surface area contributed by atoms with Gasteiger partial charge in [0.1, 0.15) is 5.75 Å². The van der Waals surface area contributed by atoms with Crippen molar-refractivity contribution in [2.45, 2.75) is 25.5 Å². The molecule has 2 amide bonds. The summed E-state index contributed by atoms with van der Waals surface area (Å²) in [5.41, 5.74) is 1.22. The second-order valence-corrected chi connectivity index (χ2v) is 9.60. The lowest BCUT2D eigenvalue weighted by Crippen LogP contribution is -2.50. The van der Waals surface area contributed by atoms with Crippen LogP contribution in [0.5, 0.6) is 5.75 Å². The Morgan fingerprint density at radius 2 is 1.52 bits per heavy atom. The van der Waals surface area contributed by atoms with Crippen molar-refractivity contribution in [2.24, 2.45) is 0 Å². The van der Waals surface area contributed by atoms with Gasteiger partial charge in [0.15, 0.2) is 0 Å². The predicted octanol–water partition coefficient (Wildman–Crippen LogP) is 7.07. The van der Waals surface area contributed by atoms with Crippen molar-refractivity contribution in [3.05, 3.63) is 94.5 Å². The zero-order valence-electron chi connectivity index (χ0n) is 21.2. The number of nitrogens with one attached hydrogen (secondary N) is 1. The number of ether oxygens (including phenoxy) is 2. The van der Waals surface area contributed by atoms with Crippen molar-refractivity contribution in [1.82, 2.24) is 9.80 Å². The Bertz CT molecular complexity index is 1230. The summed E-state index contributed by atoms with van der Waals surface area (Å²) >= 11 is 6.04. The Labute approximate surface area is 233 Å². The number of nitrogens with zero attached hydrogens (tertiary/aromatic N) is 2. The number of hydrogen-bond donors (Lipinski definition) is 1. The van der Waals surface area contributed by atoms with E-state index in [4.69, 9.17) is 16.3 Å². The maximum Gasteiger partial charge on any atom is 0.416 e. The van der Waals surface area contributed by atoms with Crippen LogP contribution in [-0.2, 0) is 17.5 Å². The number of carbonyl (C=O) groups is 1. The normalized spacial score (nSPS) is 15.2. The SMILES string of the molecule is O=C(Nc1ccc(OC(F)F)cc1)N1CCN(C[C@H](OCc2ccc(C(F)(F)F)cc2)c2ccc(Cl)cc2)CC1. The zero-order chi connectivity index (χ0) is 28.7. The maximum absolute atomic E-state index is 12.9. The molecule has 1 heterocycles. The van der Waals surface area contributed by atoms with Crippen molar-refractivity contribution in [3.8, 4) is 5.75 Å². The molecule has 0 spiro atoms. The van der Waals surface area contributed by atoms with E-state index >= 15 is 0 Å². The molecule has 0 saturated carbocycles. The van der Waals surface area contributed by atoms with Crippen LogP contribution in [0.2, 0.25) is 5.02 Å². The largest absolute Gasteiger partial charge is 0.435 e. The Morgan fingerprint density at radius 1 is 0.900 bits per heavy atom. The standard InChI is InChI=1S/C28H27ClF5N3O3/c29-22-7-3-20(4-8-22)25(39-18-19-1-5-21(6-2-19)28(32,33)34)17-36-13-15-37(16-14-36)27(38)35-23-9-11-24(12-10-23)40-26(30)31/h1-12,25-26H,13-18H2,(H,35,38)/t25-/m0/s1. The summed E-state index contributed by atoms with van der Waals surface area (Å²) in [7, 11) is 0. The highest BCUT2D eigenvalue weighted by Gasteiger charge is 2.30. The molecular formula is C28H27ClF5N3O3. The average molecular weight is 584 g/mol. The number of halogens is 6. The molecular weight excluding hydrogens is 557 g/mol. The van der Waals surface area contributed by atoms with E-state index in [2.05, 4.69) is 15.0 Å². The van der Waals surface area contributed by atoms with Crippen LogP contribution in [0.3, 0.4) is 0 Å². The Morgan fingerprint density at radius 3 is 2.10 bits per heavy atom. The van der Waals surface area contributed by atoms with Gasteiger partial charge in [0.05, 0.1) is 18.3 Å². The second kappa shape index (κ2) is 13.3. The van der Waals surface area contributed by atoms with Crippen LogP contribution in [0.15, 0.2) is 72.8 Å². The van der Waals surface area contributed by atoms with Crippen molar-refractivity contribution >= 4 is 23.3 Å². The first-order valence-electron chi connectivity index (χ1n) is 12.4. The molecule has 1 aliphatic rings. The quantitative estimate of drug-likeness (QED) is 0.274. The molecule has 1 N–H and O–H groups in total. The van der Waals surface area contributed by atoms with E-state index in [0.29, 0.717) is 49.0 Å². The first-order chi connectivity index (χ1) is 19.1. The monoisotopic (exact) mass is 583 g/mol. The van der Waals surface area contributed by atoms with Crippen LogP contribution in [0.1, 0.15) is 22.8 Å². The van der Waals surface area contributed by atoms with E-state index in [1.54, 1.807) is 17.0 Å². The van der Waals surface area contributed by atoms with Crippen LogP contribution < -0.4 is 10.1 Å². The maximum atomic E-state index is 12.9. The van der Waals surface area contributed by atoms with E-state index in [1.165, 1.54) is 36.4 Å². The number of rotatable bonds is 9. The third-order valence-electron chi connectivity index (χ3n) is 6.39. The highest BCUT2D eigenvalue weighted by molar-refractivity contribution is 6.30. The van der Waals surface area contributed by atoms with Crippen molar-refractivity contribution in [3.63, 3.8) is 0 Å². The van der Waals surface area contributed by atoms with Crippen molar-refractivity contribution in [1.29, 1.82) is 0 Å². The minimum absolute atomic E-state index is 0.00241. The average Bonchev–Trinajstić information content (AvgIpc) is 2.92. The summed E-state index contributed by atoms with van der Waals surface area (Å²) in [5.74, 6) is -0.00241. The number of amides is 2. The Kier molecular flexibility index (Phi) is 9.83. The molecule has 0 aromatic heterocycles. The number of urea groups is 1. The van der Waals surface area contributed by atoms with Gasteiger partial charge in [-0.05, 0) is 59.7 Å². The smallest absolute Gasteiger partial charge is 0.416 e. The molecule has 12 heteroatoms. The number of benzene rings is 3. The molecule has 1 saturated heterocycles. The lowest BCUT2D eigenvalue weighted by Gasteiger charge is -2.36. The third-order valence-corrected chi connectivity index (χ3v) is 6.64. The summed E-state index contributed by atoms with van der Waals surface area (Å²) in [4.78, 5) is 16.5. The topological polar surface area (TPSA) is 54.0 Å². The minimum Gasteiger partial charge on any atom is -0.435 e. The van der Waals surface area contributed by atoms with Gasteiger partial charge in [-0.2, -0.15) is 22.0 Å². The molecule has 214 valence electrons. The molecule has 0 radical (unpaired) electrons. The zero-order valence-corrected chi connectivity index (χ0v) is 22.0. The van der Waals surface area contributed by atoms with Crippen molar-refractivity contribution < 1.29 is 36.2 Å². The Hall–Kier alpha value is -3.41. The van der Waals surface area contributed by atoms with Gasteiger partial charge in [-0.25, -0.2) is 4.79 Å². The summed E-state index contributed by atoms with van der Waals surface area (Å²) in [5, 5.41) is 3.32. The molecule has 0 bridgehead atoms. The van der Waals surface area contributed by atoms with Crippen LogP contribution >= 0.6 is 11.6 Å². The molecule has 3 aromatic carbocycles. The number of hydrogen-bond acceptors (Lipinski definition) is 4.